The third-order valence-corrected chi connectivity index (χ3v) is 7.51. The van der Waals surface area contributed by atoms with Crippen molar-refractivity contribution in [3.63, 3.8) is 0 Å². The van der Waals surface area contributed by atoms with E-state index in [2.05, 4.69) is 20.0 Å². The Balaban J connectivity index is 1.47. The van der Waals surface area contributed by atoms with Gasteiger partial charge < -0.3 is 4.90 Å². The highest BCUT2D eigenvalue weighted by molar-refractivity contribution is 8.16. The number of aliphatic imine (C=N–C) groups is 1. The van der Waals surface area contributed by atoms with Gasteiger partial charge in [0.25, 0.3) is 5.91 Å². The molecule has 0 radical (unpaired) electrons. The third kappa shape index (κ3) is 3.64. The normalized spacial score (nSPS) is 20.9. The van der Waals surface area contributed by atoms with E-state index in [-0.39, 0.29) is 11.9 Å². The SMILES string of the molecule is CC1=NN(c2ccccc2)C(=O)C1C1=CSC2=Nc3nc(C)nc(Cl)c3C(c3ccc(Cl)cc3)N12. The number of para-hydroxylation sites is 1. The lowest BCUT2D eigenvalue weighted by Gasteiger charge is -2.37. The average Bonchev–Trinajstić information content (AvgIpc) is 3.38. The Kier molecular flexibility index (Phi) is 5.40. The predicted octanol–water partition coefficient (Wildman–Crippen LogP) is 6.11. The fourth-order valence-corrected chi connectivity index (χ4v) is 5.95. The summed E-state index contributed by atoms with van der Waals surface area (Å²) in [6.45, 7) is 3.66. The van der Waals surface area contributed by atoms with Gasteiger partial charge in [0.05, 0.1) is 23.0 Å². The number of aromatic nitrogens is 2. The van der Waals surface area contributed by atoms with E-state index in [0.29, 0.717) is 33.1 Å². The number of carbonyl (C=O) groups excluding carboxylic acids is 1. The fraction of sp³-hybridized carbons (Fsp3) is 0.160. The summed E-state index contributed by atoms with van der Waals surface area (Å²) in [5.74, 6) is 0.403. The maximum atomic E-state index is 13.6. The topological polar surface area (TPSA) is 74.0 Å². The van der Waals surface area contributed by atoms with Crippen LogP contribution in [0.4, 0.5) is 11.5 Å². The van der Waals surface area contributed by atoms with Gasteiger partial charge in [-0.3, -0.25) is 4.79 Å². The van der Waals surface area contributed by atoms with Crippen LogP contribution < -0.4 is 5.01 Å². The number of fused-ring (bicyclic) bond motifs is 2. The summed E-state index contributed by atoms with van der Waals surface area (Å²) in [6.07, 6.45) is 0. The molecule has 2 atom stereocenters. The summed E-state index contributed by atoms with van der Waals surface area (Å²) >= 11 is 14.3. The molecule has 0 saturated carbocycles. The molecule has 3 aliphatic rings. The van der Waals surface area contributed by atoms with Crippen LogP contribution in [0.1, 0.15) is 29.9 Å². The van der Waals surface area contributed by atoms with Crippen LogP contribution in [0.3, 0.4) is 0 Å². The predicted molar refractivity (Wildman–Crippen MR) is 140 cm³/mol. The van der Waals surface area contributed by atoms with Gasteiger partial charge in [-0.2, -0.15) is 10.1 Å². The minimum Gasteiger partial charge on any atom is -0.311 e. The number of amides is 1. The smallest absolute Gasteiger partial charge is 0.262 e. The van der Waals surface area contributed by atoms with E-state index in [1.54, 1.807) is 6.92 Å². The highest BCUT2D eigenvalue weighted by Gasteiger charge is 2.47. The number of hydrogen-bond donors (Lipinski definition) is 0. The van der Waals surface area contributed by atoms with Gasteiger partial charge in [0.2, 0.25) is 0 Å². The van der Waals surface area contributed by atoms with Gasteiger partial charge >= 0.3 is 0 Å². The summed E-state index contributed by atoms with van der Waals surface area (Å²) in [5, 5.41) is 9.72. The van der Waals surface area contributed by atoms with Crippen LogP contribution in [0, 0.1) is 12.8 Å². The number of carbonyl (C=O) groups is 1. The van der Waals surface area contributed by atoms with Crippen molar-refractivity contribution in [2.24, 2.45) is 16.0 Å². The Labute approximate surface area is 216 Å². The standard InChI is InChI=1S/C25H18Cl2N6OS/c1-13-19(24(34)33(31-13)17-6-4-3-5-7-17)18-12-35-25-30-23-20(22(27)28-14(2)29-23)21(32(18)25)15-8-10-16(26)11-9-15/h3-12,19,21H,1-2H3. The molecule has 1 aromatic heterocycles. The molecule has 6 rings (SSSR count). The molecule has 0 N–H and O–H groups in total. The monoisotopic (exact) mass is 520 g/mol. The van der Waals surface area contributed by atoms with Crippen molar-refractivity contribution >= 4 is 63.3 Å². The van der Waals surface area contributed by atoms with Crippen LogP contribution in [0.15, 0.2) is 75.8 Å². The highest BCUT2D eigenvalue weighted by atomic mass is 35.5. The molecule has 0 fully saturated rings. The number of benzene rings is 2. The average molecular weight is 521 g/mol. The van der Waals surface area contributed by atoms with Crippen molar-refractivity contribution in [2.75, 3.05) is 5.01 Å². The first-order chi connectivity index (χ1) is 16.9. The highest BCUT2D eigenvalue weighted by Crippen LogP contribution is 2.50. The van der Waals surface area contributed by atoms with Gasteiger partial charge in [0.1, 0.15) is 16.9 Å². The Morgan fingerprint density at radius 2 is 1.71 bits per heavy atom. The zero-order chi connectivity index (χ0) is 24.3. The number of anilines is 1. The summed E-state index contributed by atoms with van der Waals surface area (Å²) in [7, 11) is 0. The molecule has 1 amide bonds. The van der Waals surface area contributed by atoms with E-state index >= 15 is 0 Å². The molecule has 4 heterocycles. The first-order valence-corrected chi connectivity index (χ1v) is 12.5. The molecule has 0 aliphatic carbocycles. The van der Waals surface area contributed by atoms with Gasteiger partial charge in [-0.1, -0.05) is 65.3 Å². The van der Waals surface area contributed by atoms with Gasteiger partial charge in [0.15, 0.2) is 11.0 Å². The van der Waals surface area contributed by atoms with Crippen LogP contribution in [0.25, 0.3) is 0 Å². The summed E-state index contributed by atoms with van der Waals surface area (Å²) < 4.78 is 0. The van der Waals surface area contributed by atoms with Gasteiger partial charge in [-0.05, 0) is 49.1 Å². The number of amidine groups is 1. The van der Waals surface area contributed by atoms with Crippen molar-refractivity contribution in [3.05, 3.63) is 92.8 Å². The fourth-order valence-electron chi connectivity index (χ4n) is 4.58. The molecular weight excluding hydrogens is 503 g/mol. The number of thioether (sulfide) groups is 1. The van der Waals surface area contributed by atoms with E-state index in [0.717, 1.165) is 22.1 Å². The van der Waals surface area contributed by atoms with E-state index < -0.39 is 5.92 Å². The lowest BCUT2D eigenvalue weighted by Crippen LogP contribution is -2.39. The van der Waals surface area contributed by atoms with Crippen molar-refractivity contribution in [1.82, 2.24) is 14.9 Å². The van der Waals surface area contributed by atoms with E-state index in [4.69, 9.17) is 28.2 Å². The third-order valence-electron chi connectivity index (χ3n) is 6.11. The molecule has 35 heavy (non-hydrogen) atoms. The first kappa shape index (κ1) is 22.3. The summed E-state index contributed by atoms with van der Waals surface area (Å²) in [4.78, 5) is 29.5. The zero-order valence-electron chi connectivity index (χ0n) is 18.7. The molecule has 10 heteroatoms. The zero-order valence-corrected chi connectivity index (χ0v) is 21.0. The molecular formula is C25H18Cl2N6OS. The Hall–Kier alpha value is -3.20. The molecule has 0 saturated heterocycles. The van der Waals surface area contributed by atoms with E-state index in [9.17, 15) is 4.79 Å². The van der Waals surface area contributed by atoms with Crippen molar-refractivity contribution < 1.29 is 4.79 Å². The molecule has 0 spiro atoms. The number of nitrogens with zero attached hydrogens (tertiary/aromatic N) is 6. The lowest BCUT2D eigenvalue weighted by molar-refractivity contribution is -0.119. The summed E-state index contributed by atoms with van der Waals surface area (Å²) in [5.41, 5.74) is 3.85. The number of hydrazone groups is 1. The molecule has 7 nitrogen and oxygen atoms in total. The maximum Gasteiger partial charge on any atom is 0.262 e. The largest absolute Gasteiger partial charge is 0.311 e. The molecule has 3 aromatic rings. The Bertz CT molecular complexity index is 1450. The minimum absolute atomic E-state index is 0.117. The first-order valence-electron chi connectivity index (χ1n) is 10.9. The number of rotatable bonds is 3. The maximum absolute atomic E-state index is 13.6. The summed E-state index contributed by atoms with van der Waals surface area (Å²) in [6, 6.07) is 16.6. The second-order valence-electron chi connectivity index (χ2n) is 8.34. The molecule has 3 aliphatic heterocycles. The lowest BCUT2D eigenvalue weighted by atomic mass is 9.93. The van der Waals surface area contributed by atoms with Crippen molar-refractivity contribution in [1.29, 1.82) is 0 Å². The molecule has 2 unspecified atom stereocenters. The van der Waals surface area contributed by atoms with Crippen molar-refractivity contribution in [3.8, 4) is 0 Å². The van der Waals surface area contributed by atoms with Crippen LogP contribution in [0.2, 0.25) is 10.2 Å². The van der Waals surface area contributed by atoms with E-state index in [1.807, 2.05) is 66.9 Å². The number of halogens is 2. The van der Waals surface area contributed by atoms with Crippen molar-refractivity contribution in [2.45, 2.75) is 19.9 Å². The van der Waals surface area contributed by atoms with Gasteiger partial charge in [-0.15, -0.1) is 0 Å². The molecule has 2 aromatic carbocycles. The second kappa shape index (κ2) is 8.48. The van der Waals surface area contributed by atoms with Crippen LogP contribution in [-0.2, 0) is 4.79 Å². The molecule has 0 bridgehead atoms. The van der Waals surface area contributed by atoms with Crippen LogP contribution in [-0.4, -0.2) is 31.7 Å². The quantitative estimate of drug-likeness (QED) is 0.389. The second-order valence-corrected chi connectivity index (χ2v) is 9.97. The van der Waals surface area contributed by atoms with E-state index in [1.165, 1.54) is 16.8 Å². The molecule has 174 valence electrons. The van der Waals surface area contributed by atoms with Crippen LogP contribution >= 0.6 is 35.0 Å². The Morgan fingerprint density at radius 3 is 2.46 bits per heavy atom. The van der Waals surface area contributed by atoms with Crippen LogP contribution in [0.5, 0.6) is 0 Å². The van der Waals surface area contributed by atoms with Gasteiger partial charge in [-0.25, -0.2) is 15.0 Å². The minimum atomic E-state index is -0.558. The Morgan fingerprint density at radius 1 is 0.971 bits per heavy atom. The number of aryl methyl sites for hydroxylation is 1. The van der Waals surface area contributed by atoms with Gasteiger partial charge in [0, 0.05) is 10.7 Å². The number of hydrogen-bond acceptors (Lipinski definition) is 7.